The molecule has 5 aliphatic rings. The molecule has 1 aromatic carbocycles. The molecule has 2 fully saturated rings. The molecule has 32 heavy (non-hydrogen) atoms. The molecule has 3 aliphatic heterocycles. The zero-order chi connectivity index (χ0) is 22.4. The SMILES string of the molecule is CN1CC[C@]23c4c5ccc(O)c4O[C@H]2[C@@H](O[C@@H]2O[C@H](CO)[C@@H](O)[C@H](O)[C@H]2O)C=C[C@H]3[C@H]1C5. The molecule has 0 saturated carbocycles. The van der Waals surface area contributed by atoms with E-state index in [1.54, 1.807) is 6.07 Å². The number of phenolic OH excluding ortho intramolecular Hbond substituents is 1. The van der Waals surface area contributed by atoms with E-state index in [1.807, 2.05) is 12.1 Å². The van der Waals surface area contributed by atoms with Crippen LogP contribution in [0.3, 0.4) is 0 Å². The minimum atomic E-state index is -1.51. The first kappa shape index (κ1) is 20.9. The molecule has 2 aliphatic carbocycles. The predicted octanol–water partition coefficient (Wildman–Crippen LogP) is -0.978. The zero-order valence-corrected chi connectivity index (χ0v) is 17.7. The molecule has 0 radical (unpaired) electrons. The molecule has 10 atom stereocenters. The molecular weight excluding hydrogens is 418 g/mol. The van der Waals surface area contributed by atoms with Crippen LogP contribution >= 0.6 is 0 Å². The topological polar surface area (TPSA) is 132 Å². The van der Waals surface area contributed by atoms with E-state index in [0.717, 1.165) is 24.9 Å². The molecule has 0 amide bonds. The number of aliphatic hydroxyl groups is 4. The quantitative estimate of drug-likeness (QED) is 0.371. The Morgan fingerprint density at radius 3 is 2.75 bits per heavy atom. The van der Waals surface area contributed by atoms with Crippen molar-refractivity contribution in [3.05, 3.63) is 35.4 Å². The molecule has 0 aromatic heterocycles. The van der Waals surface area contributed by atoms with Gasteiger partial charge in [-0.15, -0.1) is 0 Å². The maximum atomic E-state index is 10.6. The maximum absolute atomic E-state index is 10.6. The van der Waals surface area contributed by atoms with E-state index in [9.17, 15) is 25.5 Å². The van der Waals surface area contributed by atoms with Crippen LogP contribution in [0.25, 0.3) is 0 Å². The normalized spacial score (nSPS) is 46.6. The molecule has 174 valence electrons. The van der Waals surface area contributed by atoms with E-state index in [2.05, 4.69) is 18.0 Å². The molecule has 6 rings (SSSR count). The molecule has 0 unspecified atom stereocenters. The van der Waals surface area contributed by atoms with Crippen LogP contribution in [0.15, 0.2) is 24.3 Å². The third kappa shape index (κ3) is 2.58. The average Bonchev–Trinajstić information content (AvgIpc) is 3.14. The summed E-state index contributed by atoms with van der Waals surface area (Å²) in [5.41, 5.74) is 1.87. The summed E-state index contributed by atoms with van der Waals surface area (Å²) in [4.78, 5) is 2.38. The first-order valence-corrected chi connectivity index (χ1v) is 11.2. The van der Waals surface area contributed by atoms with E-state index in [4.69, 9.17) is 14.2 Å². The monoisotopic (exact) mass is 447 g/mol. The fourth-order valence-corrected chi connectivity index (χ4v) is 6.67. The number of phenols is 1. The second-order valence-corrected chi connectivity index (χ2v) is 9.74. The van der Waals surface area contributed by atoms with Crippen LogP contribution in [-0.4, -0.2) is 99.6 Å². The van der Waals surface area contributed by atoms with E-state index >= 15 is 0 Å². The summed E-state index contributed by atoms with van der Waals surface area (Å²) in [5.74, 6) is 0.804. The van der Waals surface area contributed by atoms with Crippen molar-refractivity contribution in [2.75, 3.05) is 20.2 Å². The van der Waals surface area contributed by atoms with Crippen molar-refractivity contribution >= 4 is 0 Å². The van der Waals surface area contributed by atoms with Gasteiger partial charge in [0.1, 0.15) is 36.6 Å². The largest absolute Gasteiger partial charge is 0.504 e. The van der Waals surface area contributed by atoms with Crippen LogP contribution in [-0.2, 0) is 21.3 Å². The third-order valence-corrected chi connectivity index (χ3v) is 8.27. The van der Waals surface area contributed by atoms with Crippen molar-refractivity contribution in [3.8, 4) is 11.5 Å². The van der Waals surface area contributed by atoms with Crippen LogP contribution in [0.1, 0.15) is 17.5 Å². The summed E-state index contributed by atoms with van der Waals surface area (Å²) in [5, 5.41) is 50.8. The van der Waals surface area contributed by atoms with Crippen LogP contribution in [0.5, 0.6) is 11.5 Å². The fraction of sp³-hybridized carbons (Fsp3) is 0.652. The molecule has 2 saturated heterocycles. The lowest BCUT2D eigenvalue weighted by atomic mass is 9.53. The lowest BCUT2D eigenvalue weighted by Crippen LogP contribution is -2.66. The predicted molar refractivity (Wildman–Crippen MR) is 110 cm³/mol. The van der Waals surface area contributed by atoms with Crippen molar-refractivity contribution in [1.82, 2.24) is 4.90 Å². The van der Waals surface area contributed by atoms with Gasteiger partial charge in [0.2, 0.25) is 0 Å². The van der Waals surface area contributed by atoms with Crippen LogP contribution in [0, 0.1) is 5.92 Å². The molecule has 1 aromatic rings. The number of aromatic hydroxyl groups is 1. The van der Waals surface area contributed by atoms with Crippen LogP contribution < -0.4 is 4.74 Å². The van der Waals surface area contributed by atoms with Crippen molar-refractivity contribution in [3.63, 3.8) is 0 Å². The van der Waals surface area contributed by atoms with Gasteiger partial charge in [0, 0.05) is 22.9 Å². The summed E-state index contributed by atoms with van der Waals surface area (Å²) in [6.45, 7) is 0.365. The van der Waals surface area contributed by atoms with Gasteiger partial charge in [-0.1, -0.05) is 18.2 Å². The second-order valence-electron chi connectivity index (χ2n) is 9.74. The minimum Gasteiger partial charge on any atom is -0.504 e. The summed E-state index contributed by atoms with van der Waals surface area (Å²) < 4.78 is 18.1. The van der Waals surface area contributed by atoms with E-state index < -0.39 is 49.5 Å². The highest BCUT2D eigenvalue weighted by molar-refractivity contribution is 5.61. The molecule has 3 heterocycles. The van der Waals surface area contributed by atoms with Gasteiger partial charge < -0.3 is 44.6 Å². The van der Waals surface area contributed by atoms with Gasteiger partial charge in [0.15, 0.2) is 17.8 Å². The number of hydrogen-bond acceptors (Lipinski definition) is 9. The van der Waals surface area contributed by atoms with Gasteiger partial charge in [0.25, 0.3) is 0 Å². The minimum absolute atomic E-state index is 0.107. The summed E-state index contributed by atoms with van der Waals surface area (Å²) in [6, 6.07) is 3.97. The number of aliphatic hydroxyl groups excluding tert-OH is 4. The maximum Gasteiger partial charge on any atom is 0.187 e. The molecule has 9 nitrogen and oxygen atoms in total. The summed E-state index contributed by atoms with van der Waals surface area (Å²) >= 11 is 0. The Kier molecular flexibility index (Phi) is 4.65. The number of benzene rings is 1. The van der Waals surface area contributed by atoms with E-state index in [-0.39, 0.29) is 17.1 Å². The van der Waals surface area contributed by atoms with Gasteiger partial charge in [-0.25, -0.2) is 0 Å². The van der Waals surface area contributed by atoms with Gasteiger partial charge >= 0.3 is 0 Å². The number of likely N-dealkylation sites (tertiary alicyclic amines) is 1. The van der Waals surface area contributed by atoms with Gasteiger partial charge in [-0.2, -0.15) is 0 Å². The van der Waals surface area contributed by atoms with Crippen molar-refractivity contribution in [2.24, 2.45) is 5.92 Å². The highest BCUT2D eigenvalue weighted by atomic mass is 16.7. The fourth-order valence-electron chi connectivity index (χ4n) is 6.67. The highest BCUT2D eigenvalue weighted by Crippen LogP contribution is 2.62. The smallest absolute Gasteiger partial charge is 0.187 e. The van der Waals surface area contributed by atoms with E-state index in [1.165, 1.54) is 5.56 Å². The number of piperidine rings is 1. The Balaban J connectivity index is 1.38. The Morgan fingerprint density at radius 2 is 1.97 bits per heavy atom. The Labute approximate surface area is 185 Å². The second kappa shape index (κ2) is 7.14. The van der Waals surface area contributed by atoms with Crippen molar-refractivity contribution in [2.45, 2.75) is 67.2 Å². The highest BCUT2D eigenvalue weighted by Gasteiger charge is 2.65. The first-order valence-electron chi connectivity index (χ1n) is 11.2. The Morgan fingerprint density at radius 1 is 1.16 bits per heavy atom. The molecule has 9 heteroatoms. The number of hydrogen-bond donors (Lipinski definition) is 5. The van der Waals surface area contributed by atoms with Gasteiger partial charge in [-0.05, 0) is 38.1 Å². The number of nitrogens with zero attached hydrogens (tertiary/aromatic N) is 1. The summed E-state index contributed by atoms with van der Waals surface area (Å²) in [6.07, 6.45) is -2.02. The number of ether oxygens (including phenoxy) is 3. The molecule has 2 bridgehead atoms. The van der Waals surface area contributed by atoms with Gasteiger partial charge in [0.05, 0.1) is 6.61 Å². The standard InChI is InChI=1S/C23H29NO8/c1-24-7-6-23-11-3-5-14(30-22-19(29)18(28)17(27)15(9-25)31-22)21(23)32-20-13(26)4-2-10(16(20)23)8-12(11)24/h2-5,11-12,14-15,17-19,21-22,25-29H,6-9H2,1H3/t11-,12+,14-,15+,17+,18-,19+,21-,22+,23-/m0/s1. The van der Waals surface area contributed by atoms with Crippen LogP contribution in [0.2, 0.25) is 0 Å². The first-order chi connectivity index (χ1) is 15.4. The average molecular weight is 447 g/mol. The van der Waals surface area contributed by atoms with Crippen LogP contribution in [0.4, 0.5) is 0 Å². The summed E-state index contributed by atoms with van der Waals surface area (Å²) in [7, 11) is 2.14. The Hall–Kier alpha value is -1.72. The lowest BCUT2D eigenvalue weighted by Gasteiger charge is -2.57. The van der Waals surface area contributed by atoms with Gasteiger partial charge in [-0.3, -0.25) is 0 Å². The molecule has 1 spiro atoms. The zero-order valence-electron chi connectivity index (χ0n) is 17.7. The molecular formula is C23H29NO8. The van der Waals surface area contributed by atoms with Crippen molar-refractivity contribution in [1.29, 1.82) is 0 Å². The number of rotatable bonds is 3. The molecule has 5 N–H and O–H groups in total. The van der Waals surface area contributed by atoms with E-state index in [0.29, 0.717) is 11.8 Å². The lowest BCUT2D eigenvalue weighted by molar-refractivity contribution is -0.314. The Bertz CT molecular complexity index is 952. The van der Waals surface area contributed by atoms with Crippen molar-refractivity contribution < 1.29 is 39.7 Å². The number of likely N-dealkylation sites (N-methyl/N-ethyl adjacent to an activating group) is 1. The third-order valence-electron chi connectivity index (χ3n) is 8.27.